The van der Waals surface area contributed by atoms with E-state index >= 15 is 0 Å². The Bertz CT molecular complexity index is 145. The molecule has 1 aliphatic rings. The molecule has 0 aromatic carbocycles. The number of hydrogen-bond acceptors (Lipinski definition) is 1. The largest absolute Gasteiger partial charge is 0.339 e. The van der Waals surface area contributed by atoms with Gasteiger partial charge in [-0.2, -0.15) is 0 Å². The fourth-order valence-electron chi connectivity index (χ4n) is 1.19. The van der Waals surface area contributed by atoms with Crippen LogP contribution in [0.3, 0.4) is 0 Å². The molecule has 10 heavy (non-hydrogen) atoms. The second kappa shape index (κ2) is 3.40. The second-order valence-electron chi connectivity index (χ2n) is 2.53. The van der Waals surface area contributed by atoms with Crippen LogP contribution in [0.25, 0.3) is 0 Å². The molecule has 1 saturated heterocycles. The average molecular weight is 139 g/mol. The minimum Gasteiger partial charge on any atom is -0.339 e. The summed E-state index contributed by atoms with van der Waals surface area (Å²) >= 11 is 0. The molecule has 0 aromatic rings. The van der Waals surface area contributed by atoms with Crippen LogP contribution in [-0.2, 0) is 4.79 Å². The van der Waals surface area contributed by atoms with Gasteiger partial charge in [-0.1, -0.05) is 6.08 Å². The molecule has 2 nitrogen and oxygen atoms in total. The Morgan fingerprint density at radius 2 is 2.00 bits per heavy atom. The van der Waals surface area contributed by atoms with E-state index in [4.69, 9.17) is 0 Å². The molecule has 1 heterocycles. The van der Waals surface area contributed by atoms with Gasteiger partial charge in [0.1, 0.15) is 0 Å². The van der Waals surface area contributed by atoms with Gasteiger partial charge in [0.15, 0.2) is 0 Å². The molecule has 0 aliphatic carbocycles. The lowest BCUT2D eigenvalue weighted by atomic mass is 10.4. The van der Waals surface area contributed by atoms with Crippen molar-refractivity contribution in [2.75, 3.05) is 13.1 Å². The number of likely N-dealkylation sites (tertiary alicyclic amines) is 1. The van der Waals surface area contributed by atoms with Crippen LogP contribution in [0.4, 0.5) is 0 Å². The molecule has 0 atom stereocenters. The molecule has 0 unspecified atom stereocenters. The number of rotatable bonds is 1. The zero-order valence-corrected chi connectivity index (χ0v) is 6.34. The highest BCUT2D eigenvalue weighted by Crippen LogP contribution is 2.07. The van der Waals surface area contributed by atoms with Crippen molar-refractivity contribution in [1.82, 2.24) is 4.90 Å². The maximum absolute atomic E-state index is 11.1. The summed E-state index contributed by atoms with van der Waals surface area (Å²) in [5, 5.41) is 0. The van der Waals surface area contributed by atoms with Gasteiger partial charge in [0.25, 0.3) is 0 Å². The Morgan fingerprint density at radius 1 is 1.40 bits per heavy atom. The molecule has 0 N–H and O–H groups in total. The van der Waals surface area contributed by atoms with Crippen LogP contribution in [0.5, 0.6) is 0 Å². The predicted octanol–water partition coefficient (Wildman–Crippen LogP) is 1.18. The number of carbonyl (C=O) groups excluding carboxylic acids is 1. The topological polar surface area (TPSA) is 20.3 Å². The van der Waals surface area contributed by atoms with Crippen molar-refractivity contribution in [3.05, 3.63) is 12.2 Å². The minimum absolute atomic E-state index is 0.167. The van der Waals surface area contributed by atoms with Crippen LogP contribution in [0.15, 0.2) is 12.2 Å². The highest BCUT2D eigenvalue weighted by molar-refractivity contribution is 5.87. The molecule has 56 valence electrons. The molecule has 0 bridgehead atoms. The first kappa shape index (κ1) is 7.32. The number of allylic oxidation sites excluding steroid dienone is 1. The number of nitrogens with zero attached hydrogens (tertiary/aromatic N) is 1. The quantitative estimate of drug-likeness (QED) is 0.500. The van der Waals surface area contributed by atoms with Gasteiger partial charge in [-0.15, -0.1) is 0 Å². The van der Waals surface area contributed by atoms with E-state index in [0.717, 1.165) is 13.1 Å². The van der Waals surface area contributed by atoms with E-state index in [9.17, 15) is 4.79 Å². The van der Waals surface area contributed by atoms with Gasteiger partial charge in [-0.3, -0.25) is 4.79 Å². The summed E-state index contributed by atoms with van der Waals surface area (Å²) in [5.41, 5.74) is 0. The van der Waals surface area contributed by atoms with Crippen molar-refractivity contribution < 1.29 is 4.79 Å². The van der Waals surface area contributed by atoms with Crippen molar-refractivity contribution in [2.45, 2.75) is 19.8 Å². The molecule has 2 heteroatoms. The fraction of sp³-hybridized carbons (Fsp3) is 0.625. The first-order chi connectivity index (χ1) is 4.84. The molecule has 0 radical (unpaired) electrons. The van der Waals surface area contributed by atoms with E-state index < -0.39 is 0 Å². The summed E-state index contributed by atoms with van der Waals surface area (Å²) in [6.07, 6.45) is 5.76. The van der Waals surface area contributed by atoms with Crippen LogP contribution in [0.2, 0.25) is 0 Å². The number of hydrogen-bond donors (Lipinski definition) is 0. The smallest absolute Gasteiger partial charge is 0.246 e. The van der Waals surface area contributed by atoms with Gasteiger partial charge in [0, 0.05) is 13.1 Å². The third-order valence-electron chi connectivity index (χ3n) is 1.73. The third-order valence-corrected chi connectivity index (χ3v) is 1.73. The minimum atomic E-state index is 0.167. The first-order valence-corrected chi connectivity index (χ1v) is 3.76. The molecule has 1 fully saturated rings. The van der Waals surface area contributed by atoms with Crippen molar-refractivity contribution >= 4 is 5.91 Å². The molecule has 1 amide bonds. The Kier molecular flexibility index (Phi) is 2.49. The lowest BCUT2D eigenvalue weighted by Crippen LogP contribution is -2.25. The summed E-state index contributed by atoms with van der Waals surface area (Å²) in [5.74, 6) is 0.167. The van der Waals surface area contributed by atoms with Gasteiger partial charge < -0.3 is 4.90 Å². The average Bonchev–Trinajstić information content (AvgIpc) is 2.38. The van der Waals surface area contributed by atoms with Crippen LogP contribution >= 0.6 is 0 Å². The lowest BCUT2D eigenvalue weighted by molar-refractivity contribution is -0.124. The zero-order chi connectivity index (χ0) is 7.40. The summed E-state index contributed by atoms with van der Waals surface area (Å²) in [6, 6.07) is 0. The number of amides is 1. The Balaban J connectivity index is 2.40. The molecule has 0 saturated carbocycles. The highest BCUT2D eigenvalue weighted by atomic mass is 16.2. The van der Waals surface area contributed by atoms with Gasteiger partial charge in [0.2, 0.25) is 5.91 Å². The first-order valence-electron chi connectivity index (χ1n) is 3.76. The third kappa shape index (κ3) is 1.59. The van der Waals surface area contributed by atoms with Crippen molar-refractivity contribution in [1.29, 1.82) is 0 Å². The molecule has 0 aromatic heterocycles. The monoisotopic (exact) mass is 139 g/mol. The fourth-order valence-corrected chi connectivity index (χ4v) is 1.19. The van der Waals surface area contributed by atoms with E-state index in [1.807, 2.05) is 11.8 Å². The molecular formula is C8H13NO. The summed E-state index contributed by atoms with van der Waals surface area (Å²) in [4.78, 5) is 13.0. The summed E-state index contributed by atoms with van der Waals surface area (Å²) < 4.78 is 0. The van der Waals surface area contributed by atoms with E-state index in [0.29, 0.717) is 0 Å². The van der Waals surface area contributed by atoms with Crippen molar-refractivity contribution in [2.24, 2.45) is 0 Å². The maximum Gasteiger partial charge on any atom is 0.246 e. The molecule has 1 rings (SSSR count). The van der Waals surface area contributed by atoms with Crippen molar-refractivity contribution in [3.8, 4) is 0 Å². The lowest BCUT2D eigenvalue weighted by Gasteiger charge is -2.11. The van der Waals surface area contributed by atoms with Crippen LogP contribution in [-0.4, -0.2) is 23.9 Å². The van der Waals surface area contributed by atoms with Crippen LogP contribution in [0, 0.1) is 0 Å². The normalized spacial score (nSPS) is 18.7. The molecule has 1 aliphatic heterocycles. The van der Waals surface area contributed by atoms with Gasteiger partial charge in [-0.05, 0) is 25.8 Å². The maximum atomic E-state index is 11.1. The zero-order valence-electron chi connectivity index (χ0n) is 6.34. The molecule has 0 spiro atoms. The van der Waals surface area contributed by atoms with Gasteiger partial charge in [0.05, 0.1) is 0 Å². The van der Waals surface area contributed by atoms with E-state index in [1.165, 1.54) is 12.8 Å². The predicted molar refractivity (Wildman–Crippen MR) is 40.6 cm³/mol. The highest BCUT2D eigenvalue weighted by Gasteiger charge is 2.14. The Morgan fingerprint density at radius 3 is 2.50 bits per heavy atom. The SMILES string of the molecule is CC=CC(=O)N1CCCC1. The second-order valence-corrected chi connectivity index (χ2v) is 2.53. The van der Waals surface area contributed by atoms with E-state index in [1.54, 1.807) is 12.2 Å². The van der Waals surface area contributed by atoms with E-state index in [-0.39, 0.29) is 5.91 Å². The van der Waals surface area contributed by atoms with Crippen LogP contribution < -0.4 is 0 Å². The number of carbonyl (C=O) groups is 1. The van der Waals surface area contributed by atoms with Crippen LogP contribution in [0.1, 0.15) is 19.8 Å². The molecular weight excluding hydrogens is 126 g/mol. The summed E-state index contributed by atoms with van der Waals surface area (Å²) in [6.45, 7) is 3.76. The van der Waals surface area contributed by atoms with Gasteiger partial charge in [-0.25, -0.2) is 0 Å². The van der Waals surface area contributed by atoms with Gasteiger partial charge >= 0.3 is 0 Å². The van der Waals surface area contributed by atoms with E-state index in [2.05, 4.69) is 0 Å². The summed E-state index contributed by atoms with van der Waals surface area (Å²) in [7, 11) is 0. The van der Waals surface area contributed by atoms with Crippen molar-refractivity contribution in [3.63, 3.8) is 0 Å². The Hall–Kier alpha value is -0.790. The standard InChI is InChI=1S/C8H13NO/c1-2-5-8(10)9-6-3-4-7-9/h2,5H,3-4,6-7H2,1H3. The Labute approximate surface area is 61.5 Å².